The first-order valence-electron chi connectivity index (χ1n) is 10.1. The molecule has 1 fully saturated rings. The fourth-order valence-electron chi connectivity index (χ4n) is 3.24. The van der Waals surface area contributed by atoms with Crippen LogP contribution in [0.2, 0.25) is 0 Å². The molecule has 1 aliphatic carbocycles. The van der Waals surface area contributed by atoms with Crippen LogP contribution >= 0.6 is 0 Å². The molecule has 31 heavy (non-hydrogen) atoms. The molecular formula is C23H24N4O3S. The summed E-state index contributed by atoms with van der Waals surface area (Å²) in [6.07, 6.45) is 5.08. The minimum atomic E-state index is -3.63. The lowest BCUT2D eigenvalue weighted by Gasteiger charge is -2.22. The predicted octanol–water partition coefficient (Wildman–Crippen LogP) is 3.76. The molecule has 1 saturated carbocycles. The van der Waals surface area contributed by atoms with Crippen molar-refractivity contribution in [1.29, 1.82) is 0 Å². The van der Waals surface area contributed by atoms with Crippen molar-refractivity contribution >= 4 is 21.7 Å². The highest BCUT2D eigenvalue weighted by Gasteiger charge is 2.38. The first-order chi connectivity index (χ1) is 15.0. The Kier molecular flexibility index (Phi) is 6.29. The summed E-state index contributed by atoms with van der Waals surface area (Å²) in [5.74, 6) is 0. The van der Waals surface area contributed by atoms with E-state index in [4.69, 9.17) is 0 Å². The van der Waals surface area contributed by atoms with E-state index >= 15 is 0 Å². The fourth-order valence-corrected chi connectivity index (χ4v) is 4.91. The summed E-state index contributed by atoms with van der Waals surface area (Å²) >= 11 is 0. The maximum absolute atomic E-state index is 13.2. The van der Waals surface area contributed by atoms with E-state index in [-0.39, 0.29) is 17.0 Å². The molecule has 8 heteroatoms. The molecule has 2 aromatic carbocycles. The number of nitrogens with zero attached hydrogens (tertiary/aromatic N) is 2. The average Bonchev–Trinajstić information content (AvgIpc) is 3.63. The number of hydrogen-bond acceptors (Lipinski definition) is 4. The fraction of sp³-hybridized carbons (Fsp3) is 0.217. The number of pyridine rings is 1. The summed E-state index contributed by atoms with van der Waals surface area (Å²) in [4.78, 5) is 16.3. The number of benzene rings is 2. The molecule has 3 aromatic rings. The average molecular weight is 437 g/mol. The summed E-state index contributed by atoms with van der Waals surface area (Å²) in [5, 5.41) is 5.48. The van der Waals surface area contributed by atoms with Gasteiger partial charge in [0.15, 0.2) is 0 Å². The van der Waals surface area contributed by atoms with Gasteiger partial charge in [0.2, 0.25) is 10.0 Å². The molecule has 0 spiro atoms. The van der Waals surface area contributed by atoms with Crippen molar-refractivity contribution in [3.05, 3.63) is 90.3 Å². The maximum atomic E-state index is 13.2. The van der Waals surface area contributed by atoms with Gasteiger partial charge in [0.1, 0.15) is 0 Å². The third-order valence-corrected chi connectivity index (χ3v) is 6.97. The smallest absolute Gasteiger partial charge is 0.319 e. The Labute approximate surface area is 182 Å². The number of sulfonamides is 1. The molecule has 1 aliphatic rings. The molecule has 4 rings (SSSR count). The van der Waals surface area contributed by atoms with Crippen LogP contribution in [0.5, 0.6) is 0 Å². The van der Waals surface area contributed by atoms with Gasteiger partial charge in [-0.05, 0) is 60.4 Å². The van der Waals surface area contributed by atoms with Crippen molar-refractivity contribution in [2.45, 2.75) is 36.9 Å². The molecule has 0 saturated heterocycles. The van der Waals surface area contributed by atoms with Gasteiger partial charge in [-0.25, -0.2) is 13.2 Å². The molecule has 0 atom stereocenters. The summed E-state index contributed by atoms with van der Waals surface area (Å²) in [6.45, 7) is 0.724. The number of urea groups is 1. The van der Waals surface area contributed by atoms with E-state index in [1.807, 2.05) is 42.5 Å². The van der Waals surface area contributed by atoms with E-state index < -0.39 is 10.0 Å². The Balaban J connectivity index is 1.40. The van der Waals surface area contributed by atoms with Gasteiger partial charge in [-0.2, -0.15) is 4.31 Å². The van der Waals surface area contributed by atoms with E-state index in [9.17, 15) is 13.2 Å². The lowest BCUT2D eigenvalue weighted by atomic mass is 10.2. The van der Waals surface area contributed by atoms with Gasteiger partial charge in [-0.3, -0.25) is 4.98 Å². The SMILES string of the molecule is O=C(NCc1ccncc1)Nc1ccc(S(=O)(=O)N(Cc2ccccc2)C2CC2)cc1. The Morgan fingerprint density at radius 2 is 1.61 bits per heavy atom. The van der Waals surface area contributed by atoms with Crippen LogP contribution in [0.15, 0.2) is 84.0 Å². The van der Waals surface area contributed by atoms with Crippen LogP contribution in [0.4, 0.5) is 10.5 Å². The quantitative estimate of drug-likeness (QED) is 0.563. The van der Waals surface area contributed by atoms with E-state index in [1.165, 1.54) is 12.1 Å². The molecule has 7 nitrogen and oxygen atoms in total. The summed E-state index contributed by atoms with van der Waals surface area (Å²) in [7, 11) is -3.63. The first-order valence-corrected chi connectivity index (χ1v) is 11.6. The number of carbonyl (C=O) groups is 1. The number of carbonyl (C=O) groups excluding carboxylic acids is 1. The summed E-state index contributed by atoms with van der Waals surface area (Å²) < 4.78 is 28.0. The van der Waals surface area contributed by atoms with Crippen LogP contribution in [0.25, 0.3) is 0 Å². The molecule has 1 aromatic heterocycles. The molecule has 0 aliphatic heterocycles. The van der Waals surface area contributed by atoms with Gasteiger partial charge in [0, 0.05) is 37.2 Å². The Morgan fingerprint density at radius 1 is 0.935 bits per heavy atom. The maximum Gasteiger partial charge on any atom is 0.319 e. The summed E-state index contributed by atoms with van der Waals surface area (Å²) in [5.41, 5.74) is 2.42. The highest BCUT2D eigenvalue weighted by molar-refractivity contribution is 7.89. The Morgan fingerprint density at radius 3 is 2.26 bits per heavy atom. The third-order valence-electron chi connectivity index (χ3n) is 5.06. The monoisotopic (exact) mass is 436 g/mol. The van der Waals surface area contributed by atoms with Crippen molar-refractivity contribution in [3.8, 4) is 0 Å². The zero-order valence-electron chi connectivity index (χ0n) is 16.9. The number of aromatic nitrogens is 1. The first kappa shape index (κ1) is 21.0. The number of amides is 2. The Hall–Kier alpha value is -3.23. The minimum Gasteiger partial charge on any atom is -0.334 e. The van der Waals surface area contributed by atoms with E-state index in [0.717, 1.165) is 24.0 Å². The van der Waals surface area contributed by atoms with Gasteiger partial charge >= 0.3 is 6.03 Å². The van der Waals surface area contributed by atoms with E-state index in [2.05, 4.69) is 15.6 Å². The highest BCUT2D eigenvalue weighted by atomic mass is 32.2. The van der Waals surface area contributed by atoms with Crippen molar-refractivity contribution in [1.82, 2.24) is 14.6 Å². The zero-order chi connectivity index (χ0) is 21.7. The van der Waals surface area contributed by atoms with Crippen molar-refractivity contribution in [3.63, 3.8) is 0 Å². The second kappa shape index (κ2) is 9.28. The third kappa shape index (κ3) is 5.48. The van der Waals surface area contributed by atoms with Crippen LogP contribution in [0.3, 0.4) is 0 Å². The Bertz CT molecular complexity index is 1120. The van der Waals surface area contributed by atoms with Crippen LogP contribution in [0, 0.1) is 0 Å². The molecule has 2 N–H and O–H groups in total. The number of rotatable bonds is 8. The number of nitrogens with one attached hydrogen (secondary N) is 2. The lowest BCUT2D eigenvalue weighted by Crippen LogP contribution is -2.32. The largest absolute Gasteiger partial charge is 0.334 e. The normalized spacial score (nSPS) is 13.7. The number of hydrogen-bond donors (Lipinski definition) is 2. The van der Waals surface area contributed by atoms with Crippen LogP contribution < -0.4 is 10.6 Å². The molecule has 0 unspecified atom stereocenters. The number of anilines is 1. The van der Waals surface area contributed by atoms with Gasteiger partial charge in [-0.15, -0.1) is 0 Å². The molecular weight excluding hydrogens is 412 g/mol. The molecule has 1 heterocycles. The predicted molar refractivity (Wildman–Crippen MR) is 119 cm³/mol. The minimum absolute atomic E-state index is 0.0435. The van der Waals surface area contributed by atoms with Gasteiger partial charge in [0.25, 0.3) is 0 Å². The molecule has 0 radical (unpaired) electrons. The molecule has 2 amide bonds. The lowest BCUT2D eigenvalue weighted by molar-refractivity contribution is 0.251. The van der Waals surface area contributed by atoms with Crippen molar-refractivity contribution < 1.29 is 13.2 Å². The second-order valence-electron chi connectivity index (χ2n) is 7.45. The summed E-state index contributed by atoms with van der Waals surface area (Å²) in [6, 6.07) is 19.2. The van der Waals surface area contributed by atoms with Crippen molar-refractivity contribution in [2.75, 3.05) is 5.32 Å². The van der Waals surface area contributed by atoms with Gasteiger partial charge < -0.3 is 10.6 Å². The van der Waals surface area contributed by atoms with Crippen LogP contribution in [-0.4, -0.2) is 29.8 Å². The topological polar surface area (TPSA) is 91.4 Å². The van der Waals surface area contributed by atoms with E-state index in [0.29, 0.717) is 18.8 Å². The standard InChI is InChI=1S/C23H24N4O3S/c28-23(25-16-18-12-14-24-15-13-18)26-20-6-10-22(11-7-20)31(29,30)27(21-8-9-21)17-19-4-2-1-3-5-19/h1-7,10-15,21H,8-9,16-17H2,(H2,25,26,28). The van der Waals surface area contributed by atoms with Crippen LogP contribution in [0.1, 0.15) is 24.0 Å². The zero-order valence-corrected chi connectivity index (χ0v) is 17.8. The van der Waals surface area contributed by atoms with Gasteiger partial charge in [-0.1, -0.05) is 30.3 Å². The van der Waals surface area contributed by atoms with Crippen molar-refractivity contribution in [2.24, 2.45) is 0 Å². The van der Waals surface area contributed by atoms with E-state index in [1.54, 1.807) is 28.8 Å². The van der Waals surface area contributed by atoms with Crippen LogP contribution in [-0.2, 0) is 23.1 Å². The second-order valence-corrected chi connectivity index (χ2v) is 9.35. The molecule has 0 bridgehead atoms. The van der Waals surface area contributed by atoms with Gasteiger partial charge in [0.05, 0.1) is 4.90 Å². The molecule has 160 valence electrons. The highest BCUT2D eigenvalue weighted by Crippen LogP contribution is 2.33.